The molecule has 0 aromatic carbocycles. The lowest BCUT2D eigenvalue weighted by molar-refractivity contribution is 0.304. The Bertz CT molecular complexity index is 638. The first-order valence-corrected chi connectivity index (χ1v) is 5.29. The van der Waals surface area contributed by atoms with Crippen molar-refractivity contribution in [3.05, 3.63) is 52.1 Å². The van der Waals surface area contributed by atoms with Crippen molar-refractivity contribution in [2.45, 2.75) is 13.3 Å². The average Bonchev–Trinajstić information content (AvgIpc) is 2.68. The number of fused-ring (bicyclic) bond motifs is 2. The van der Waals surface area contributed by atoms with Gasteiger partial charge in [0, 0.05) is 17.5 Å². The van der Waals surface area contributed by atoms with Crippen LogP contribution >= 0.6 is 0 Å². The summed E-state index contributed by atoms with van der Waals surface area (Å²) in [6.07, 6.45) is 6.79. The molecular formula is C13H12N2O. The number of hydrogen-bond acceptors (Lipinski definition) is 3. The van der Waals surface area contributed by atoms with Gasteiger partial charge in [-0.15, -0.1) is 0 Å². The summed E-state index contributed by atoms with van der Waals surface area (Å²) in [4.78, 5) is 8.88. The van der Waals surface area contributed by atoms with E-state index in [2.05, 4.69) is 16.1 Å². The lowest BCUT2D eigenvalue weighted by atomic mass is 10.0. The van der Waals surface area contributed by atoms with Gasteiger partial charge in [-0.05, 0) is 31.1 Å². The van der Waals surface area contributed by atoms with E-state index in [-0.39, 0.29) is 0 Å². The topological polar surface area (TPSA) is 34.5 Å². The van der Waals surface area contributed by atoms with Crippen molar-refractivity contribution in [1.29, 1.82) is 0 Å². The average molecular weight is 212 g/mol. The van der Waals surface area contributed by atoms with Gasteiger partial charge < -0.3 is 4.74 Å². The monoisotopic (exact) mass is 212 g/mol. The van der Waals surface area contributed by atoms with Gasteiger partial charge in [0.05, 0.1) is 23.9 Å². The Labute approximate surface area is 93.5 Å². The molecule has 0 amide bonds. The molecule has 0 unspecified atom stereocenters. The van der Waals surface area contributed by atoms with Crippen molar-refractivity contribution in [1.82, 2.24) is 4.98 Å². The fraction of sp³-hybridized carbons (Fsp3) is 0.231. The van der Waals surface area contributed by atoms with Crippen molar-refractivity contribution in [3.63, 3.8) is 0 Å². The second kappa shape index (κ2) is 3.30. The van der Waals surface area contributed by atoms with Gasteiger partial charge in [0.2, 0.25) is 0 Å². The van der Waals surface area contributed by atoms with Gasteiger partial charge in [0.1, 0.15) is 5.76 Å². The third-order valence-electron chi connectivity index (χ3n) is 3.00. The molecular weight excluding hydrogens is 200 g/mol. The summed E-state index contributed by atoms with van der Waals surface area (Å²) in [5.41, 5.74) is 3.28. The molecule has 16 heavy (non-hydrogen) atoms. The number of pyridine rings is 1. The number of allylic oxidation sites excluding steroid dienone is 3. The lowest BCUT2D eigenvalue weighted by Gasteiger charge is -2.09. The Morgan fingerprint density at radius 3 is 3.06 bits per heavy atom. The van der Waals surface area contributed by atoms with Gasteiger partial charge in [-0.3, -0.25) is 4.98 Å². The quantitative estimate of drug-likeness (QED) is 0.695. The zero-order chi connectivity index (χ0) is 11.1. The van der Waals surface area contributed by atoms with E-state index in [4.69, 9.17) is 4.74 Å². The largest absolute Gasteiger partial charge is 0.497 e. The van der Waals surface area contributed by atoms with Crippen LogP contribution in [0.1, 0.15) is 12.1 Å². The van der Waals surface area contributed by atoms with E-state index >= 15 is 0 Å². The molecule has 2 heterocycles. The van der Waals surface area contributed by atoms with Crippen LogP contribution in [-0.4, -0.2) is 12.1 Å². The normalized spacial score (nSPS) is 17.0. The van der Waals surface area contributed by atoms with Gasteiger partial charge in [-0.1, -0.05) is 0 Å². The molecule has 3 heteroatoms. The molecule has 1 aromatic heterocycles. The zero-order valence-electron chi connectivity index (χ0n) is 9.32. The number of aromatic nitrogens is 1. The molecule has 1 aliphatic carbocycles. The van der Waals surface area contributed by atoms with Crippen molar-refractivity contribution in [2.24, 2.45) is 4.99 Å². The number of aryl methyl sites for hydroxylation is 1. The molecule has 80 valence electrons. The van der Waals surface area contributed by atoms with E-state index in [1.807, 2.05) is 25.3 Å². The molecule has 1 aliphatic heterocycles. The third kappa shape index (κ3) is 1.21. The molecule has 0 spiro atoms. The summed E-state index contributed by atoms with van der Waals surface area (Å²) in [5.74, 6) is 0.890. The second-order valence-corrected chi connectivity index (χ2v) is 3.93. The van der Waals surface area contributed by atoms with Gasteiger partial charge >= 0.3 is 0 Å². The van der Waals surface area contributed by atoms with Crippen LogP contribution in [0.5, 0.6) is 0 Å². The van der Waals surface area contributed by atoms with Crippen LogP contribution in [0.3, 0.4) is 0 Å². The fourth-order valence-electron chi connectivity index (χ4n) is 2.14. The Balaban J connectivity index is 2.29. The minimum absolute atomic E-state index is 0.884. The van der Waals surface area contributed by atoms with Crippen molar-refractivity contribution in [3.8, 4) is 0 Å². The molecule has 0 N–H and O–H groups in total. The number of ether oxygens (including phenoxy) is 1. The zero-order valence-corrected chi connectivity index (χ0v) is 9.32. The number of hydrogen-bond donors (Lipinski definition) is 0. The third-order valence-corrected chi connectivity index (χ3v) is 3.00. The lowest BCUT2D eigenvalue weighted by Crippen LogP contribution is -2.26. The maximum absolute atomic E-state index is 5.22. The highest BCUT2D eigenvalue weighted by atomic mass is 16.5. The number of nitrogens with zero attached hydrogens (tertiary/aromatic N) is 2. The van der Waals surface area contributed by atoms with Gasteiger partial charge in [-0.2, -0.15) is 0 Å². The first-order chi connectivity index (χ1) is 7.79. The SMILES string of the molecule is COC1=CCC2=c3ccnc(C)c3=NC2=C1. The summed E-state index contributed by atoms with van der Waals surface area (Å²) >= 11 is 0. The van der Waals surface area contributed by atoms with Crippen LogP contribution in [0.15, 0.2) is 40.9 Å². The highest BCUT2D eigenvalue weighted by Crippen LogP contribution is 2.25. The van der Waals surface area contributed by atoms with Crippen molar-refractivity contribution >= 4 is 5.57 Å². The maximum Gasteiger partial charge on any atom is 0.117 e. The first kappa shape index (κ1) is 9.33. The van der Waals surface area contributed by atoms with Crippen LogP contribution < -0.4 is 10.6 Å². The van der Waals surface area contributed by atoms with E-state index in [9.17, 15) is 0 Å². The molecule has 0 fully saturated rings. The van der Waals surface area contributed by atoms with E-state index in [1.54, 1.807) is 7.11 Å². The van der Waals surface area contributed by atoms with E-state index in [0.29, 0.717) is 0 Å². The minimum Gasteiger partial charge on any atom is -0.497 e. The molecule has 3 nitrogen and oxygen atoms in total. The number of rotatable bonds is 1. The van der Waals surface area contributed by atoms with Gasteiger partial charge in [-0.25, -0.2) is 4.99 Å². The Hall–Kier alpha value is -1.90. The minimum atomic E-state index is 0.884. The van der Waals surface area contributed by atoms with Crippen LogP contribution in [0, 0.1) is 6.92 Å². The summed E-state index contributed by atoms with van der Waals surface area (Å²) < 4.78 is 5.22. The summed E-state index contributed by atoms with van der Waals surface area (Å²) in [7, 11) is 1.68. The molecule has 0 atom stereocenters. The van der Waals surface area contributed by atoms with Crippen LogP contribution in [0.2, 0.25) is 0 Å². The van der Waals surface area contributed by atoms with E-state index < -0.39 is 0 Å². The highest BCUT2D eigenvalue weighted by molar-refractivity contribution is 5.70. The predicted octanol–water partition coefficient (Wildman–Crippen LogP) is 0.992. The predicted molar refractivity (Wildman–Crippen MR) is 61.0 cm³/mol. The second-order valence-electron chi connectivity index (χ2n) is 3.93. The summed E-state index contributed by atoms with van der Waals surface area (Å²) in [6.45, 7) is 1.99. The standard InChI is InChI=1S/C13H12N2O/c1-8-13-11(5-6-14-8)10-4-3-9(16-2)7-12(10)15-13/h3,5-7H,4H2,1-2H3. The summed E-state index contributed by atoms with van der Waals surface area (Å²) in [6, 6.07) is 2.04. The Morgan fingerprint density at radius 1 is 1.38 bits per heavy atom. The van der Waals surface area contributed by atoms with Crippen molar-refractivity contribution < 1.29 is 4.74 Å². The van der Waals surface area contributed by atoms with Crippen molar-refractivity contribution in [2.75, 3.05) is 7.11 Å². The maximum atomic E-state index is 5.22. The Morgan fingerprint density at radius 2 is 2.25 bits per heavy atom. The fourth-order valence-corrected chi connectivity index (χ4v) is 2.14. The van der Waals surface area contributed by atoms with Gasteiger partial charge in [0.15, 0.2) is 0 Å². The smallest absolute Gasteiger partial charge is 0.117 e. The van der Waals surface area contributed by atoms with E-state index in [1.165, 1.54) is 10.8 Å². The van der Waals surface area contributed by atoms with Gasteiger partial charge in [0.25, 0.3) is 0 Å². The molecule has 0 saturated carbocycles. The summed E-state index contributed by atoms with van der Waals surface area (Å²) in [5, 5.41) is 2.22. The molecule has 3 rings (SSSR count). The number of methoxy groups -OCH3 is 1. The molecule has 2 aliphatic rings. The van der Waals surface area contributed by atoms with Crippen LogP contribution in [0.4, 0.5) is 0 Å². The molecule has 0 bridgehead atoms. The Kier molecular flexibility index (Phi) is 1.93. The van der Waals surface area contributed by atoms with Crippen LogP contribution in [-0.2, 0) is 4.74 Å². The first-order valence-electron chi connectivity index (χ1n) is 5.29. The highest BCUT2D eigenvalue weighted by Gasteiger charge is 2.17. The molecule has 1 aromatic rings. The van der Waals surface area contributed by atoms with Crippen LogP contribution in [0.25, 0.3) is 5.57 Å². The van der Waals surface area contributed by atoms with E-state index in [0.717, 1.165) is 28.9 Å². The molecule has 0 radical (unpaired) electrons. The molecule has 0 saturated heterocycles.